The van der Waals surface area contributed by atoms with Crippen LogP contribution in [0.25, 0.3) is 0 Å². The van der Waals surface area contributed by atoms with Gasteiger partial charge in [-0.25, -0.2) is 11.9 Å². The molecule has 1 heterocycles. The molecule has 0 aromatic heterocycles. The van der Waals surface area contributed by atoms with Crippen LogP contribution in [0.15, 0.2) is 0 Å². The summed E-state index contributed by atoms with van der Waals surface area (Å²) >= 11 is 2.01. The standard InChI is InChI=1S/C5H9F2IN2/c6-4(7)5(9)1-2-10(8)3-5/h4H,1-3,9H2. The molecule has 0 bridgehead atoms. The van der Waals surface area contributed by atoms with Gasteiger partial charge in [0.15, 0.2) is 0 Å². The molecule has 10 heavy (non-hydrogen) atoms. The SMILES string of the molecule is NC1(C(F)F)CCN(I)C1. The van der Waals surface area contributed by atoms with Gasteiger partial charge in [0.05, 0.1) is 5.54 Å². The molecule has 1 fully saturated rings. The van der Waals surface area contributed by atoms with Crippen molar-refractivity contribution < 1.29 is 8.78 Å². The van der Waals surface area contributed by atoms with Crippen molar-refractivity contribution in [3.8, 4) is 0 Å². The highest BCUT2D eigenvalue weighted by molar-refractivity contribution is 14.1. The van der Waals surface area contributed by atoms with Gasteiger partial charge in [0, 0.05) is 36.0 Å². The van der Waals surface area contributed by atoms with Crippen LogP contribution in [0.5, 0.6) is 0 Å². The summed E-state index contributed by atoms with van der Waals surface area (Å²) in [5.41, 5.74) is 4.15. The Labute approximate surface area is 72.2 Å². The molecule has 1 atom stereocenters. The monoisotopic (exact) mass is 262 g/mol. The van der Waals surface area contributed by atoms with E-state index in [1.54, 1.807) is 3.11 Å². The van der Waals surface area contributed by atoms with Crippen LogP contribution in [-0.4, -0.2) is 28.2 Å². The second kappa shape index (κ2) is 2.86. The van der Waals surface area contributed by atoms with Crippen molar-refractivity contribution in [2.75, 3.05) is 13.1 Å². The van der Waals surface area contributed by atoms with Crippen LogP contribution in [0.3, 0.4) is 0 Å². The number of rotatable bonds is 1. The molecule has 1 saturated heterocycles. The van der Waals surface area contributed by atoms with Gasteiger partial charge in [-0.1, -0.05) is 0 Å². The summed E-state index contributed by atoms with van der Waals surface area (Å²) in [6.07, 6.45) is -2.00. The normalized spacial score (nSPS) is 35.7. The van der Waals surface area contributed by atoms with Crippen molar-refractivity contribution in [3.63, 3.8) is 0 Å². The molecule has 0 amide bonds. The summed E-state index contributed by atoms with van der Waals surface area (Å²) in [7, 11) is 0. The first-order valence-electron chi connectivity index (χ1n) is 3.02. The van der Waals surface area contributed by atoms with Crippen molar-refractivity contribution in [1.82, 2.24) is 3.11 Å². The molecule has 0 aromatic carbocycles. The summed E-state index contributed by atoms with van der Waals surface area (Å²) in [6, 6.07) is 0. The van der Waals surface area contributed by atoms with Crippen molar-refractivity contribution in [2.24, 2.45) is 5.73 Å². The van der Waals surface area contributed by atoms with Crippen LogP contribution in [0.4, 0.5) is 8.78 Å². The first-order valence-corrected chi connectivity index (χ1v) is 3.99. The molecular weight excluding hydrogens is 253 g/mol. The summed E-state index contributed by atoms with van der Waals surface area (Å²) in [4.78, 5) is 0. The average molecular weight is 262 g/mol. The fourth-order valence-electron chi connectivity index (χ4n) is 0.985. The largest absolute Gasteiger partial charge is 0.319 e. The highest BCUT2D eigenvalue weighted by Crippen LogP contribution is 2.26. The lowest BCUT2D eigenvalue weighted by Gasteiger charge is -2.21. The van der Waals surface area contributed by atoms with E-state index in [0.29, 0.717) is 19.5 Å². The minimum absolute atomic E-state index is 0.297. The van der Waals surface area contributed by atoms with Crippen molar-refractivity contribution >= 4 is 22.9 Å². The van der Waals surface area contributed by atoms with E-state index in [0.717, 1.165) is 0 Å². The van der Waals surface area contributed by atoms with Gasteiger partial charge in [-0.2, -0.15) is 0 Å². The molecule has 2 N–H and O–H groups in total. The third-order valence-corrected chi connectivity index (χ3v) is 2.54. The molecule has 1 rings (SSSR count). The Balaban J connectivity index is 2.54. The van der Waals surface area contributed by atoms with E-state index in [9.17, 15) is 8.78 Å². The van der Waals surface area contributed by atoms with Gasteiger partial charge in [-0.05, 0) is 6.42 Å². The Morgan fingerprint density at radius 1 is 1.60 bits per heavy atom. The third kappa shape index (κ3) is 1.57. The molecule has 5 heteroatoms. The maximum Gasteiger partial charge on any atom is 0.257 e. The lowest BCUT2D eigenvalue weighted by Crippen LogP contribution is -2.48. The van der Waals surface area contributed by atoms with Gasteiger partial charge in [-0.3, -0.25) is 0 Å². The number of nitrogens with zero attached hydrogens (tertiary/aromatic N) is 1. The number of hydrogen-bond acceptors (Lipinski definition) is 2. The summed E-state index contributed by atoms with van der Waals surface area (Å²) in [5, 5.41) is 0. The number of halogens is 3. The van der Waals surface area contributed by atoms with Gasteiger partial charge < -0.3 is 5.73 Å². The Hall–Kier alpha value is 0.510. The predicted octanol–water partition coefficient (Wildman–Crippen LogP) is 1.00. The molecule has 1 unspecified atom stereocenters. The van der Waals surface area contributed by atoms with E-state index in [4.69, 9.17) is 5.73 Å². The Bertz CT molecular complexity index is 133. The van der Waals surface area contributed by atoms with E-state index in [1.807, 2.05) is 22.9 Å². The Morgan fingerprint density at radius 2 is 2.20 bits per heavy atom. The summed E-state index contributed by atoms with van der Waals surface area (Å²) in [6.45, 7) is 0.965. The second-order valence-electron chi connectivity index (χ2n) is 2.63. The topological polar surface area (TPSA) is 29.3 Å². The number of nitrogens with two attached hydrogens (primary N) is 1. The molecule has 0 saturated carbocycles. The van der Waals surface area contributed by atoms with Crippen LogP contribution in [0.1, 0.15) is 6.42 Å². The van der Waals surface area contributed by atoms with E-state index >= 15 is 0 Å². The van der Waals surface area contributed by atoms with Crippen molar-refractivity contribution in [1.29, 1.82) is 0 Å². The smallest absolute Gasteiger partial charge is 0.257 e. The van der Waals surface area contributed by atoms with E-state index in [2.05, 4.69) is 0 Å². The zero-order chi connectivity index (χ0) is 7.78. The van der Waals surface area contributed by atoms with Crippen LogP contribution >= 0.6 is 22.9 Å². The summed E-state index contributed by atoms with van der Waals surface area (Å²) in [5.74, 6) is 0. The second-order valence-corrected chi connectivity index (χ2v) is 3.99. The van der Waals surface area contributed by atoms with Gasteiger partial charge in [-0.15, -0.1) is 0 Å². The molecule has 0 spiro atoms. The number of alkyl halides is 2. The van der Waals surface area contributed by atoms with Crippen LogP contribution in [0.2, 0.25) is 0 Å². The van der Waals surface area contributed by atoms with Crippen LogP contribution in [-0.2, 0) is 0 Å². The van der Waals surface area contributed by atoms with Crippen LogP contribution < -0.4 is 5.73 Å². The summed E-state index contributed by atoms with van der Waals surface area (Å²) < 4.78 is 26.1. The lowest BCUT2D eigenvalue weighted by atomic mass is 10.0. The van der Waals surface area contributed by atoms with Crippen molar-refractivity contribution in [2.45, 2.75) is 18.4 Å². The van der Waals surface area contributed by atoms with Gasteiger partial charge >= 0.3 is 0 Å². The quantitative estimate of drug-likeness (QED) is 0.564. The molecule has 1 aliphatic heterocycles. The zero-order valence-corrected chi connectivity index (χ0v) is 7.51. The van der Waals surface area contributed by atoms with E-state index in [-0.39, 0.29) is 0 Å². The average Bonchev–Trinajstić information content (AvgIpc) is 2.13. The van der Waals surface area contributed by atoms with Gasteiger partial charge in [0.1, 0.15) is 0 Å². The first-order chi connectivity index (χ1) is 4.54. The highest BCUT2D eigenvalue weighted by atomic mass is 127. The zero-order valence-electron chi connectivity index (χ0n) is 5.36. The Kier molecular flexibility index (Phi) is 2.46. The van der Waals surface area contributed by atoms with Gasteiger partial charge in [0.2, 0.25) is 0 Å². The molecule has 0 aromatic rings. The van der Waals surface area contributed by atoms with E-state index in [1.165, 1.54) is 0 Å². The predicted molar refractivity (Wildman–Crippen MR) is 43.1 cm³/mol. The third-order valence-electron chi connectivity index (χ3n) is 1.72. The first kappa shape index (κ1) is 8.61. The molecular formula is C5H9F2IN2. The molecule has 60 valence electrons. The molecule has 1 aliphatic rings. The van der Waals surface area contributed by atoms with Crippen molar-refractivity contribution in [3.05, 3.63) is 0 Å². The maximum absolute atomic E-state index is 12.1. The lowest BCUT2D eigenvalue weighted by molar-refractivity contribution is 0.0627. The molecule has 0 radical (unpaired) electrons. The highest BCUT2D eigenvalue weighted by Gasteiger charge is 2.41. The maximum atomic E-state index is 12.1. The number of hydrogen-bond donors (Lipinski definition) is 1. The minimum Gasteiger partial charge on any atom is -0.319 e. The van der Waals surface area contributed by atoms with E-state index < -0.39 is 12.0 Å². The Morgan fingerprint density at radius 3 is 2.40 bits per heavy atom. The van der Waals surface area contributed by atoms with Gasteiger partial charge in [0.25, 0.3) is 6.43 Å². The van der Waals surface area contributed by atoms with Crippen LogP contribution in [0, 0.1) is 0 Å². The fraction of sp³-hybridized carbons (Fsp3) is 1.00. The fourth-order valence-corrected chi connectivity index (χ4v) is 1.86. The molecule has 2 nitrogen and oxygen atoms in total. The minimum atomic E-state index is -2.40. The molecule has 0 aliphatic carbocycles.